The average molecular weight is 357 g/mol. The highest BCUT2D eigenvalue weighted by atomic mass is 35.5. The molecule has 3 rings (SSSR count). The van der Waals surface area contributed by atoms with E-state index in [1.807, 2.05) is 24.3 Å². The van der Waals surface area contributed by atoms with E-state index in [0.29, 0.717) is 18.1 Å². The summed E-state index contributed by atoms with van der Waals surface area (Å²) in [7, 11) is 0. The fourth-order valence-corrected chi connectivity index (χ4v) is 2.78. The first-order valence-corrected chi connectivity index (χ1v) is 8.32. The van der Waals surface area contributed by atoms with Gasteiger partial charge in [-0.1, -0.05) is 48.0 Å². The Labute approximate surface area is 150 Å². The zero-order valence-corrected chi connectivity index (χ0v) is 14.3. The van der Waals surface area contributed by atoms with Crippen LogP contribution in [0.3, 0.4) is 0 Å². The Morgan fingerprint density at radius 2 is 2.00 bits per heavy atom. The number of amides is 1. The van der Waals surface area contributed by atoms with E-state index in [0.717, 1.165) is 6.42 Å². The number of pyridine rings is 1. The molecular formula is C19H17ClN2O3. The quantitative estimate of drug-likeness (QED) is 0.789. The number of aromatic nitrogens is 1. The topological polar surface area (TPSA) is 59.5 Å². The number of halogens is 1. The van der Waals surface area contributed by atoms with Crippen LogP contribution in [0.25, 0.3) is 5.57 Å². The minimum atomic E-state index is -0.659. The van der Waals surface area contributed by atoms with Crippen LogP contribution in [0.1, 0.15) is 22.5 Å². The Balaban J connectivity index is 1.53. The zero-order chi connectivity index (χ0) is 17.6. The van der Waals surface area contributed by atoms with Crippen LogP contribution in [-0.2, 0) is 9.53 Å². The van der Waals surface area contributed by atoms with Crippen molar-refractivity contribution in [3.8, 4) is 0 Å². The lowest BCUT2D eigenvalue weighted by atomic mass is 10.00. The molecule has 2 heterocycles. The summed E-state index contributed by atoms with van der Waals surface area (Å²) in [4.78, 5) is 29.7. The number of ether oxygens (including phenoxy) is 1. The van der Waals surface area contributed by atoms with Crippen molar-refractivity contribution in [2.24, 2.45) is 0 Å². The molecule has 1 aromatic carbocycles. The summed E-state index contributed by atoms with van der Waals surface area (Å²) < 4.78 is 5.04. The first kappa shape index (κ1) is 17.2. The molecule has 0 N–H and O–H groups in total. The van der Waals surface area contributed by atoms with Crippen molar-refractivity contribution in [1.29, 1.82) is 0 Å². The van der Waals surface area contributed by atoms with Crippen LogP contribution in [0.4, 0.5) is 0 Å². The second kappa shape index (κ2) is 7.94. The van der Waals surface area contributed by atoms with E-state index in [-0.39, 0.29) is 18.2 Å². The van der Waals surface area contributed by atoms with Crippen LogP contribution in [0, 0.1) is 0 Å². The number of rotatable bonds is 4. The van der Waals surface area contributed by atoms with Crippen molar-refractivity contribution in [3.05, 3.63) is 71.0 Å². The molecule has 1 amide bonds. The fourth-order valence-electron chi connectivity index (χ4n) is 2.62. The lowest BCUT2D eigenvalue weighted by Crippen LogP contribution is -2.37. The molecule has 0 aliphatic carbocycles. The second-order valence-electron chi connectivity index (χ2n) is 5.62. The molecule has 2 aromatic rings. The Morgan fingerprint density at radius 1 is 1.20 bits per heavy atom. The average Bonchev–Trinajstić information content (AvgIpc) is 2.66. The molecule has 6 heteroatoms. The standard InChI is InChI=1S/C19H17ClN2O3/c20-16-6-9-21-17(12-16)19(24)25-13-18(23)22-10-7-15(8-11-22)14-4-2-1-3-5-14/h1-7,9,12H,8,10-11,13H2. The van der Waals surface area contributed by atoms with E-state index in [1.54, 1.807) is 11.0 Å². The number of hydrogen-bond donors (Lipinski definition) is 0. The molecule has 128 valence electrons. The minimum absolute atomic E-state index is 0.0882. The molecule has 25 heavy (non-hydrogen) atoms. The van der Waals surface area contributed by atoms with Crippen molar-refractivity contribution in [2.75, 3.05) is 19.7 Å². The summed E-state index contributed by atoms with van der Waals surface area (Å²) in [5.74, 6) is -0.882. The van der Waals surface area contributed by atoms with E-state index in [9.17, 15) is 9.59 Å². The number of hydrogen-bond acceptors (Lipinski definition) is 4. The summed E-state index contributed by atoms with van der Waals surface area (Å²) in [6.07, 6.45) is 4.23. The zero-order valence-electron chi connectivity index (χ0n) is 13.5. The van der Waals surface area contributed by atoms with Gasteiger partial charge >= 0.3 is 5.97 Å². The highest BCUT2D eigenvalue weighted by Crippen LogP contribution is 2.22. The number of nitrogens with zero attached hydrogens (tertiary/aromatic N) is 2. The highest BCUT2D eigenvalue weighted by molar-refractivity contribution is 6.30. The summed E-state index contributed by atoms with van der Waals surface area (Å²) >= 11 is 5.81. The van der Waals surface area contributed by atoms with Gasteiger partial charge in [-0.25, -0.2) is 9.78 Å². The van der Waals surface area contributed by atoms with Crippen LogP contribution in [0.15, 0.2) is 54.7 Å². The van der Waals surface area contributed by atoms with Gasteiger partial charge in [-0.2, -0.15) is 0 Å². The SMILES string of the molecule is O=C(OCC(=O)N1CC=C(c2ccccc2)CC1)c1cc(Cl)ccn1. The molecule has 0 atom stereocenters. The fraction of sp³-hybridized carbons (Fsp3) is 0.211. The Hall–Kier alpha value is -2.66. The van der Waals surface area contributed by atoms with Crippen LogP contribution in [0.5, 0.6) is 0 Å². The minimum Gasteiger partial charge on any atom is -0.451 e. The van der Waals surface area contributed by atoms with Gasteiger partial charge in [0.15, 0.2) is 6.61 Å². The van der Waals surface area contributed by atoms with E-state index in [2.05, 4.69) is 17.1 Å². The van der Waals surface area contributed by atoms with Crippen molar-refractivity contribution < 1.29 is 14.3 Å². The lowest BCUT2D eigenvalue weighted by molar-refractivity contribution is -0.134. The molecular weight excluding hydrogens is 340 g/mol. The van der Waals surface area contributed by atoms with Crippen LogP contribution in [0.2, 0.25) is 5.02 Å². The predicted octanol–water partition coefficient (Wildman–Crippen LogP) is 3.21. The second-order valence-corrected chi connectivity index (χ2v) is 6.06. The third kappa shape index (κ3) is 4.45. The summed E-state index contributed by atoms with van der Waals surface area (Å²) in [6.45, 7) is 0.810. The maximum atomic E-state index is 12.2. The number of benzene rings is 1. The Kier molecular flexibility index (Phi) is 5.46. The van der Waals surface area contributed by atoms with Gasteiger partial charge < -0.3 is 9.64 Å². The third-order valence-corrected chi connectivity index (χ3v) is 4.20. The van der Waals surface area contributed by atoms with E-state index >= 15 is 0 Å². The predicted molar refractivity (Wildman–Crippen MR) is 95.1 cm³/mol. The Morgan fingerprint density at radius 3 is 2.68 bits per heavy atom. The van der Waals surface area contributed by atoms with Crippen LogP contribution in [-0.4, -0.2) is 41.5 Å². The normalized spacial score (nSPS) is 14.0. The molecule has 0 fully saturated rings. The van der Waals surface area contributed by atoms with Crippen molar-refractivity contribution in [3.63, 3.8) is 0 Å². The van der Waals surface area contributed by atoms with Gasteiger partial charge in [-0.3, -0.25) is 4.79 Å². The summed E-state index contributed by atoms with van der Waals surface area (Å²) in [5, 5.41) is 0.392. The molecule has 0 radical (unpaired) electrons. The Bertz CT molecular complexity index is 805. The van der Waals surface area contributed by atoms with Crippen LogP contribution < -0.4 is 0 Å². The molecule has 0 unspecified atom stereocenters. The monoisotopic (exact) mass is 356 g/mol. The number of esters is 1. The number of carbonyl (C=O) groups is 2. The maximum absolute atomic E-state index is 12.2. The molecule has 0 saturated carbocycles. The molecule has 1 aromatic heterocycles. The number of carbonyl (C=O) groups excluding carboxylic acids is 2. The van der Waals surface area contributed by atoms with Gasteiger partial charge in [-0.05, 0) is 29.7 Å². The molecule has 1 aliphatic heterocycles. The van der Waals surface area contributed by atoms with Gasteiger partial charge in [-0.15, -0.1) is 0 Å². The molecule has 1 aliphatic rings. The van der Waals surface area contributed by atoms with E-state index in [1.165, 1.54) is 23.4 Å². The molecule has 0 spiro atoms. The lowest BCUT2D eigenvalue weighted by Gasteiger charge is -2.26. The van der Waals surface area contributed by atoms with E-state index < -0.39 is 5.97 Å². The smallest absolute Gasteiger partial charge is 0.357 e. The van der Waals surface area contributed by atoms with Crippen LogP contribution >= 0.6 is 11.6 Å². The molecule has 0 bridgehead atoms. The first-order chi connectivity index (χ1) is 12.1. The van der Waals surface area contributed by atoms with Gasteiger partial charge in [0, 0.05) is 24.3 Å². The highest BCUT2D eigenvalue weighted by Gasteiger charge is 2.20. The first-order valence-electron chi connectivity index (χ1n) is 7.94. The van der Waals surface area contributed by atoms with Gasteiger partial charge in [0.1, 0.15) is 5.69 Å². The van der Waals surface area contributed by atoms with Crippen molar-refractivity contribution >= 4 is 29.1 Å². The maximum Gasteiger partial charge on any atom is 0.357 e. The van der Waals surface area contributed by atoms with Gasteiger partial charge in [0.2, 0.25) is 0 Å². The largest absolute Gasteiger partial charge is 0.451 e. The molecule has 5 nitrogen and oxygen atoms in total. The van der Waals surface area contributed by atoms with E-state index in [4.69, 9.17) is 16.3 Å². The van der Waals surface area contributed by atoms with Gasteiger partial charge in [0.25, 0.3) is 5.91 Å². The summed E-state index contributed by atoms with van der Waals surface area (Å²) in [5.41, 5.74) is 2.49. The third-order valence-electron chi connectivity index (χ3n) is 3.96. The molecule has 0 saturated heterocycles. The van der Waals surface area contributed by atoms with Gasteiger partial charge in [0.05, 0.1) is 0 Å². The van der Waals surface area contributed by atoms with Crippen molar-refractivity contribution in [1.82, 2.24) is 9.88 Å². The van der Waals surface area contributed by atoms with Crippen molar-refractivity contribution in [2.45, 2.75) is 6.42 Å². The summed E-state index contributed by atoms with van der Waals surface area (Å²) in [6, 6.07) is 13.1.